The van der Waals surface area contributed by atoms with Gasteiger partial charge in [-0.1, -0.05) is 13.8 Å². The molecule has 2 rings (SSSR count). The van der Waals surface area contributed by atoms with Crippen LogP contribution in [0.1, 0.15) is 35.8 Å². The number of hydrogen-bond acceptors (Lipinski definition) is 4. The van der Waals surface area contributed by atoms with Crippen molar-refractivity contribution in [1.82, 2.24) is 20.5 Å². The molecular formula is C16H28IN5OS. The van der Waals surface area contributed by atoms with E-state index >= 15 is 0 Å². The van der Waals surface area contributed by atoms with Crippen molar-refractivity contribution in [2.75, 3.05) is 20.1 Å². The molecule has 0 radical (unpaired) electrons. The highest BCUT2D eigenvalue weighted by molar-refractivity contribution is 14.0. The zero-order valence-corrected chi connectivity index (χ0v) is 18.2. The van der Waals surface area contributed by atoms with Gasteiger partial charge in [0.1, 0.15) is 5.01 Å². The van der Waals surface area contributed by atoms with Crippen LogP contribution in [0.3, 0.4) is 0 Å². The number of guanidine groups is 1. The largest absolute Gasteiger partial charge is 0.352 e. The Bertz CT molecular complexity index is 568. The third-order valence-electron chi connectivity index (χ3n) is 4.04. The zero-order valence-electron chi connectivity index (χ0n) is 15.0. The van der Waals surface area contributed by atoms with E-state index in [0.717, 1.165) is 36.2 Å². The number of thiazole rings is 1. The molecule has 0 bridgehead atoms. The fourth-order valence-corrected chi connectivity index (χ4v) is 3.48. The Labute approximate surface area is 165 Å². The zero-order chi connectivity index (χ0) is 17.0. The number of hydrogen-bond donors (Lipinski definition) is 2. The number of carbonyl (C=O) groups excluding carboxylic acids is 1. The van der Waals surface area contributed by atoms with Crippen LogP contribution >= 0.6 is 35.3 Å². The molecular weight excluding hydrogens is 437 g/mol. The summed E-state index contributed by atoms with van der Waals surface area (Å²) >= 11 is 1.71. The molecule has 1 atom stereocenters. The molecule has 1 aromatic rings. The van der Waals surface area contributed by atoms with Crippen molar-refractivity contribution < 1.29 is 4.79 Å². The maximum atomic E-state index is 12.0. The first kappa shape index (κ1) is 21.1. The van der Waals surface area contributed by atoms with E-state index in [2.05, 4.69) is 27.5 Å². The number of aryl methyl sites for hydroxylation is 2. The van der Waals surface area contributed by atoms with Crippen LogP contribution in [-0.2, 0) is 11.3 Å². The maximum Gasteiger partial charge on any atom is 0.225 e. The molecule has 136 valence electrons. The number of aromatic nitrogens is 1. The molecule has 0 aromatic carbocycles. The molecule has 1 aliphatic rings. The van der Waals surface area contributed by atoms with Gasteiger partial charge in [-0.25, -0.2) is 4.98 Å². The van der Waals surface area contributed by atoms with Crippen LogP contribution in [0.4, 0.5) is 0 Å². The smallest absolute Gasteiger partial charge is 0.225 e. The number of aliphatic imine (C=N–C) groups is 1. The third-order valence-corrected chi connectivity index (χ3v) is 5.11. The summed E-state index contributed by atoms with van der Waals surface area (Å²) in [5, 5.41) is 7.77. The summed E-state index contributed by atoms with van der Waals surface area (Å²) in [6.07, 6.45) is 0.953. The highest BCUT2D eigenvalue weighted by Crippen LogP contribution is 2.16. The fourth-order valence-electron chi connectivity index (χ4n) is 2.61. The molecule has 6 nitrogen and oxygen atoms in total. The highest BCUT2D eigenvalue weighted by atomic mass is 127. The summed E-state index contributed by atoms with van der Waals surface area (Å²) in [6, 6.07) is 0.253. The van der Waals surface area contributed by atoms with Gasteiger partial charge in [0, 0.05) is 37.0 Å². The molecule has 0 saturated carbocycles. The number of carbonyl (C=O) groups is 1. The molecule has 1 aromatic heterocycles. The van der Waals surface area contributed by atoms with Gasteiger partial charge in [0.2, 0.25) is 5.91 Å². The Hall–Kier alpha value is -0.900. The van der Waals surface area contributed by atoms with Gasteiger partial charge in [-0.3, -0.25) is 9.79 Å². The summed E-state index contributed by atoms with van der Waals surface area (Å²) in [7, 11) is 1.76. The molecule has 2 N–H and O–H groups in total. The van der Waals surface area contributed by atoms with Crippen molar-refractivity contribution >= 4 is 47.2 Å². The van der Waals surface area contributed by atoms with E-state index in [9.17, 15) is 4.79 Å². The minimum Gasteiger partial charge on any atom is -0.352 e. The van der Waals surface area contributed by atoms with Gasteiger partial charge in [-0.15, -0.1) is 35.3 Å². The van der Waals surface area contributed by atoms with Crippen LogP contribution in [0.2, 0.25) is 0 Å². The second-order valence-electron chi connectivity index (χ2n) is 6.24. The number of amides is 1. The van der Waals surface area contributed by atoms with Gasteiger partial charge in [0.15, 0.2) is 5.96 Å². The first-order chi connectivity index (χ1) is 10.9. The summed E-state index contributed by atoms with van der Waals surface area (Å²) in [5.74, 6) is 1.05. The Morgan fingerprint density at radius 3 is 2.71 bits per heavy atom. The highest BCUT2D eigenvalue weighted by Gasteiger charge is 2.27. The number of likely N-dealkylation sites (tertiary alicyclic amines) is 1. The van der Waals surface area contributed by atoms with Gasteiger partial charge in [0.05, 0.1) is 12.2 Å². The van der Waals surface area contributed by atoms with Gasteiger partial charge in [0.25, 0.3) is 0 Å². The summed E-state index contributed by atoms with van der Waals surface area (Å²) in [6.45, 7) is 10.2. The van der Waals surface area contributed by atoms with Gasteiger partial charge < -0.3 is 15.5 Å². The van der Waals surface area contributed by atoms with Crippen molar-refractivity contribution in [2.24, 2.45) is 10.9 Å². The number of nitrogens with zero attached hydrogens (tertiary/aromatic N) is 3. The molecule has 1 unspecified atom stereocenters. The Balaban J connectivity index is 0.00000288. The molecule has 0 spiro atoms. The summed E-state index contributed by atoms with van der Waals surface area (Å²) < 4.78 is 0. The lowest BCUT2D eigenvalue weighted by Crippen LogP contribution is -2.45. The lowest BCUT2D eigenvalue weighted by atomic mass is 10.2. The van der Waals surface area contributed by atoms with E-state index in [-0.39, 0.29) is 41.8 Å². The van der Waals surface area contributed by atoms with E-state index in [1.165, 1.54) is 4.88 Å². The van der Waals surface area contributed by atoms with Crippen LogP contribution in [-0.4, -0.2) is 47.9 Å². The molecule has 0 aliphatic carbocycles. The molecule has 1 saturated heterocycles. The topological polar surface area (TPSA) is 69.6 Å². The standard InChI is InChI=1S/C16H27N5OS.HI/c1-10(2)15(22)21-7-6-13(9-21)20-16(17-5)18-8-14-19-11(3)12(4)23-14;/h10,13H,6-9H2,1-5H3,(H2,17,18,20);1H. The first-order valence-electron chi connectivity index (χ1n) is 8.09. The monoisotopic (exact) mass is 465 g/mol. The van der Waals surface area contributed by atoms with Gasteiger partial charge in [-0.2, -0.15) is 0 Å². The van der Waals surface area contributed by atoms with E-state index in [4.69, 9.17) is 0 Å². The van der Waals surface area contributed by atoms with E-state index < -0.39 is 0 Å². The van der Waals surface area contributed by atoms with E-state index in [1.54, 1.807) is 18.4 Å². The van der Waals surface area contributed by atoms with Crippen molar-refractivity contribution in [1.29, 1.82) is 0 Å². The van der Waals surface area contributed by atoms with Crippen LogP contribution < -0.4 is 10.6 Å². The molecule has 1 amide bonds. The van der Waals surface area contributed by atoms with Crippen LogP contribution in [0.15, 0.2) is 4.99 Å². The second kappa shape index (κ2) is 9.55. The Morgan fingerprint density at radius 2 is 2.17 bits per heavy atom. The average Bonchev–Trinajstić information content (AvgIpc) is 3.10. The average molecular weight is 465 g/mol. The molecule has 2 heterocycles. The number of halogens is 1. The van der Waals surface area contributed by atoms with Crippen molar-refractivity contribution in [3.8, 4) is 0 Å². The fraction of sp³-hybridized carbons (Fsp3) is 0.688. The lowest BCUT2D eigenvalue weighted by molar-refractivity contribution is -0.133. The van der Waals surface area contributed by atoms with Gasteiger partial charge in [-0.05, 0) is 20.3 Å². The van der Waals surface area contributed by atoms with Crippen LogP contribution in [0.5, 0.6) is 0 Å². The Morgan fingerprint density at radius 1 is 1.46 bits per heavy atom. The normalized spacial score (nSPS) is 17.8. The van der Waals surface area contributed by atoms with Crippen LogP contribution in [0, 0.1) is 19.8 Å². The summed E-state index contributed by atoms with van der Waals surface area (Å²) in [5.41, 5.74) is 1.09. The minimum atomic E-state index is 0. The molecule has 24 heavy (non-hydrogen) atoms. The minimum absolute atomic E-state index is 0. The molecule has 1 aliphatic heterocycles. The van der Waals surface area contributed by atoms with Crippen molar-refractivity contribution in [3.05, 3.63) is 15.6 Å². The number of rotatable bonds is 4. The maximum absolute atomic E-state index is 12.0. The van der Waals surface area contributed by atoms with Crippen LogP contribution in [0.25, 0.3) is 0 Å². The van der Waals surface area contributed by atoms with Crippen molar-refractivity contribution in [3.63, 3.8) is 0 Å². The number of nitrogens with one attached hydrogen (secondary N) is 2. The SMILES string of the molecule is CN=C(NCc1nc(C)c(C)s1)NC1CCN(C(=O)C(C)C)C1.I. The third kappa shape index (κ3) is 5.58. The quantitative estimate of drug-likeness (QED) is 0.407. The molecule has 8 heteroatoms. The Kier molecular flexibility index (Phi) is 8.41. The lowest BCUT2D eigenvalue weighted by Gasteiger charge is -2.20. The van der Waals surface area contributed by atoms with E-state index in [1.807, 2.05) is 25.7 Å². The molecule has 1 fully saturated rings. The summed E-state index contributed by atoms with van der Waals surface area (Å²) in [4.78, 5) is 24.0. The van der Waals surface area contributed by atoms with Crippen molar-refractivity contribution in [2.45, 2.75) is 46.7 Å². The predicted octanol–water partition coefficient (Wildman–Crippen LogP) is 2.30. The van der Waals surface area contributed by atoms with E-state index in [0.29, 0.717) is 6.54 Å². The predicted molar refractivity (Wildman–Crippen MR) is 110 cm³/mol. The van der Waals surface area contributed by atoms with Gasteiger partial charge >= 0.3 is 0 Å². The first-order valence-corrected chi connectivity index (χ1v) is 8.91. The second-order valence-corrected chi connectivity index (χ2v) is 7.53.